The molecule has 172 valence electrons. The van der Waals surface area contributed by atoms with Crippen molar-refractivity contribution in [2.75, 3.05) is 55.3 Å². The third kappa shape index (κ3) is 5.11. The molecule has 4 rings (SSSR count). The maximum Gasteiger partial charge on any atom is 0.243 e. The van der Waals surface area contributed by atoms with Crippen LogP contribution >= 0.6 is 66.8 Å². The van der Waals surface area contributed by atoms with Crippen molar-refractivity contribution in [3.63, 3.8) is 0 Å². The van der Waals surface area contributed by atoms with Gasteiger partial charge in [-0.1, -0.05) is 55.1 Å². The van der Waals surface area contributed by atoms with Gasteiger partial charge in [0.05, 0.1) is 10.0 Å². The van der Waals surface area contributed by atoms with Crippen molar-refractivity contribution in [2.45, 2.75) is 11.4 Å². The van der Waals surface area contributed by atoms with Crippen LogP contribution < -0.4 is 9.80 Å². The Balaban J connectivity index is 1.65. The van der Waals surface area contributed by atoms with Crippen molar-refractivity contribution in [2.24, 2.45) is 0 Å². The number of thioether (sulfide) groups is 1. The molecule has 32 heavy (non-hydrogen) atoms. The van der Waals surface area contributed by atoms with E-state index >= 15 is 0 Å². The zero-order valence-electron chi connectivity index (χ0n) is 17.4. The van der Waals surface area contributed by atoms with Crippen LogP contribution in [0.3, 0.4) is 0 Å². The van der Waals surface area contributed by atoms with Crippen molar-refractivity contribution >= 4 is 84.1 Å². The number of aliphatic hydroxyl groups excluding tert-OH is 1. The van der Waals surface area contributed by atoms with E-state index in [2.05, 4.69) is 48.7 Å². The number of aliphatic hydroxyl groups is 1. The lowest BCUT2D eigenvalue weighted by Gasteiger charge is -2.38. The Labute approximate surface area is 219 Å². The number of halogens is 4. The number of likely N-dealkylation sites (N-methyl/N-ethyl adjacent to an activating group) is 1. The average Bonchev–Trinajstić information content (AvgIpc) is 2.75. The second kappa shape index (κ2) is 10.4. The molecule has 0 bridgehead atoms. The third-order valence-electron chi connectivity index (χ3n) is 5.84. The van der Waals surface area contributed by atoms with E-state index in [1.807, 2.05) is 12.1 Å². The Kier molecular flexibility index (Phi) is 8.02. The topological polar surface area (TPSA) is 47.0 Å². The molecule has 2 saturated heterocycles. The number of benzene rings is 2. The normalized spacial score (nSPS) is 21.2. The van der Waals surface area contributed by atoms with E-state index in [9.17, 15) is 9.90 Å². The fourth-order valence-electron chi connectivity index (χ4n) is 4.07. The van der Waals surface area contributed by atoms with Crippen LogP contribution in [0.25, 0.3) is 0 Å². The highest BCUT2D eigenvalue weighted by Gasteiger charge is 2.38. The highest BCUT2D eigenvalue weighted by Crippen LogP contribution is 2.42. The number of carbonyl (C=O) groups excluding carboxylic acids is 1. The summed E-state index contributed by atoms with van der Waals surface area (Å²) >= 11 is 21.0. The summed E-state index contributed by atoms with van der Waals surface area (Å²) in [5.41, 5.74) is 2.39. The predicted octanol–water partition coefficient (Wildman–Crippen LogP) is 5.45. The minimum atomic E-state index is -0.963. The number of anilines is 2. The molecule has 2 heterocycles. The molecule has 0 aliphatic carbocycles. The summed E-state index contributed by atoms with van der Waals surface area (Å²) in [5.74, 6) is 0.581. The van der Waals surface area contributed by atoms with Crippen LogP contribution in [-0.4, -0.2) is 66.7 Å². The molecule has 0 radical (unpaired) electrons. The molecule has 10 heteroatoms. The van der Waals surface area contributed by atoms with Gasteiger partial charge >= 0.3 is 0 Å². The maximum atomic E-state index is 13.5. The van der Waals surface area contributed by atoms with Gasteiger partial charge in [0.1, 0.15) is 11.4 Å². The van der Waals surface area contributed by atoms with Gasteiger partial charge in [0, 0.05) is 64.4 Å². The molecule has 2 aliphatic heterocycles. The van der Waals surface area contributed by atoms with E-state index in [4.69, 9.17) is 23.2 Å². The van der Waals surface area contributed by atoms with Crippen LogP contribution in [-0.2, 0) is 4.79 Å². The zero-order chi connectivity index (χ0) is 23.0. The summed E-state index contributed by atoms with van der Waals surface area (Å²) in [7, 11) is 2.11. The van der Waals surface area contributed by atoms with E-state index in [0.29, 0.717) is 28.0 Å². The van der Waals surface area contributed by atoms with Crippen LogP contribution in [0.15, 0.2) is 39.3 Å². The van der Waals surface area contributed by atoms with Crippen molar-refractivity contribution in [3.05, 3.63) is 54.9 Å². The minimum absolute atomic E-state index is 0.133. The standard InChI is InChI=1S/C22H23Br2Cl2N3O2S/c1-27-4-6-28(7-5-27)18-11-13(23)10-15(24)19(18)20(30)21-22(31)29(8-9-32-21)14-2-3-16(25)17(26)12-14/h2-3,10-12,20-21,30H,4-9H2,1H3. The van der Waals surface area contributed by atoms with Gasteiger partial charge in [0.15, 0.2) is 0 Å². The quantitative estimate of drug-likeness (QED) is 0.491. The second-order valence-corrected chi connectivity index (χ2v) is 11.8. The molecule has 2 aromatic carbocycles. The third-order valence-corrected chi connectivity index (χ3v) is 8.93. The molecule has 1 N–H and O–H groups in total. The van der Waals surface area contributed by atoms with Crippen molar-refractivity contribution in [3.8, 4) is 0 Å². The van der Waals surface area contributed by atoms with Crippen LogP contribution in [0.1, 0.15) is 11.7 Å². The SMILES string of the molecule is CN1CCN(c2cc(Br)cc(Br)c2C(O)C2SCCN(c3ccc(Cl)c(Cl)c3)C2=O)CC1. The first kappa shape index (κ1) is 24.6. The van der Waals surface area contributed by atoms with E-state index in [-0.39, 0.29) is 5.91 Å². The monoisotopic (exact) mass is 621 g/mol. The number of nitrogens with zero attached hydrogens (tertiary/aromatic N) is 3. The molecule has 2 atom stereocenters. The minimum Gasteiger partial charge on any atom is -0.387 e. The molecule has 0 aromatic heterocycles. The smallest absolute Gasteiger partial charge is 0.243 e. The number of hydrogen-bond donors (Lipinski definition) is 1. The number of rotatable bonds is 4. The van der Waals surface area contributed by atoms with Crippen LogP contribution in [0, 0.1) is 0 Å². The number of amides is 1. The Bertz CT molecular complexity index is 1020. The van der Waals surface area contributed by atoms with Gasteiger partial charge < -0.3 is 19.8 Å². The van der Waals surface area contributed by atoms with Gasteiger partial charge in [0.25, 0.3) is 0 Å². The second-order valence-electron chi connectivity index (χ2n) is 7.94. The molecule has 1 amide bonds. The number of hydrogen-bond acceptors (Lipinski definition) is 5. The van der Waals surface area contributed by atoms with Crippen LogP contribution in [0.5, 0.6) is 0 Å². The average molecular weight is 624 g/mol. The van der Waals surface area contributed by atoms with Crippen molar-refractivity contribution < 1.29 is 9.90 Å². The fraction of sp³-hybridized carbons (Fsp3) is 0.409. The van der Waals surface area contributed by atoms with E-state index in [1.54, 1.807) is 23.1 Å². The van der Waals surface area contributed by atoms with Crippen molar-refractivity contribution in [1.29, 1.82) is 0 Å². The molecule has 2 fully saturated rings. The highest BCUT2D eigenvalue weighted by atomic mass is 79.9. The van der Waals surface area contributed by atoms with Crippen LogP contribution in [0.2, 0.25) is 10.0 Å². The summed E-state index contributed by atoms with van der Waals surface area (Å²) in [5, 5.41) is 11.7. The van der Waals surface area contributed by atoms with Gasteiger partial charge in [-0.2, -0.15) is 0 Å². The lowest BCUT2D eigenvalue weighted by Crippen LogP contribution is -2.47. The number of piperazine rings is 1. The first-order valence-electron chi connectivity index (χ1n) is 10.2. The van der Waals surface area contributed by atoms with Crippen LogP contribution in [0.4, 0.5) is 11.4 Å². The summed E-state index contributed by atoms with van der Waals surface area (Å²) in [6.07, 6.45) is -0.963. The first-order valence-corrected chi connectivity index (χ1v) is 13.6. The molecule has 2 aliphatic rings. The summed E-state index contributed by atoms with van der Waals surface area (Å²) in [6.45, 7) is 4.17. The molecule has 0 spiro atoms. The number of carbonyl (C=O) groups is 1. The van der Waals surface area contributed by atoms with E-state index in [1.165, 1.54) is 11.8 Å². The molecule has 5 nitrogen and oxygen atoms in total. The van der Waals surface area contributed by atoms with Gasteiger partial charge in [-0.15, -0.1) is 11.8 Å². The van der Waals surface area contributed by atoms with Gasteiger partial charge in [-0.3, -0.25) is 4.79 Å². The summed E-state index contributed by atoms with van der Waals surface area (Å²) < 4.78 is 1.71. The molecular weight excluding hydrogens is 601 g/mol. The zero-order valence-corrected chi connectivity index (χ0v) is 22.9. The Morgan fingerprint density at radius 2 is 1.78 bits per heavy atom. The highest BCUT2D eigenvalue weighted by molar-refractivity contribution is 9.11. The molecule has 2 unspecified atom stereocenters. The molecule has 0 saturated carbocycles. The Morgan fingerprint density at radius 3 is 2.47 bits per heavy atom. The van der Waals surface area contributed by atoms with E-state index in [0.717, 1.165) is 46.4 Å². The van der Waals surface area contributed by atoms with Gasteiger partial charge in [-0.05, 0) is 37.4 Å². The Morgan fingerprint density at radius 1 is 1.06 bits per heavy atom. The maximum absolute atomic E-state index is 13.5. The largest absolute Gasteiger partial charge is 0.387 e. The van der Waals surface area contributed by atoms with Gasteiger partial charge in [0.2, 0.25) is 5.91 Å². The molecular formula is C22H23Br2Cl2N3O2S. The van der Waals surface area contributed by atoms with Gasteiger partial charge in [-0.25, -0.2) is 0 Å². The lowest BCUT2D eigenvalue weighted by molar-refractivity contribution is -0.120. The Hall–Kier alpha value is -0.480. The van der Waals surface area contributed by atoms with E-state index < -0.39 is 11.4 Å². The molecule has 2 aromatic rings. The predicted molar refractivity (Wildman–Crippen MR) is 142 cm³/mol. The van der Waals surface area contributed by atoms with Crippen molar-refractivity contribution in [1.82, 2.24) is 4.90 Å². The lowest BCUT2D eigenvalue weighted by atomic mass is 10.0. The first-order chi connectivity index (χ1) is 15.3. The fourth-order valence-corrected chi connectivity index (χ4v) is 6.93. The summed E-state index contributed by atoms with van der Waals surface area (Å²) in [4.78, 5) is 19.7. The summed E-state index contributed by atoms with van der Waals surface area (Å²) in [6, 6.07) is 9.13.